The normalized spacial score (nSPS) is 17.8. The van der Waals surface area contributed by atoms with Crippen LogP contribution in [0, 0.1) is 0 Å². The number of rotatable bonds is 3. The fraction of sp³-hybridized carbons (Fsp3) is 0.312. The van der Waals surface area contributed by atoms with Crippen LogP contribution in [0.3, 0.4) is 0 Å². The Morgan fingerprint density at radius 1 is 1.13 bits per heavy atom. The minimum Gasteiger partial charge on any atom is -0.458 e. The smallest absolute Gasteiger partial charge is 0.316 e. The maximum atomic E-state index is 12.5. The third-order valence-corrected chi connectivity index (χ3v) is 4.07. The van der Waals surface area contributed by atoms with Crippen molar-refractivity contribution in [1.82, 2.24) is 14.9 Å². The van der Waals surface area contributed by atoms with E-state index < -0.39 is 0 Å². The Hall–Kier alpha value is -1.85. The number of nitrogens with zero attached hydrogens (tertiary/aromatic N) is 3. The van der Waals surface area contributed by atoms with Gasteiger partial charge in [0.1, 0.15) is 6.10 Å². The molecule has 1 unspecified atom stereocenters. The number of carbonyl (C=O) groups is 1. The molecular weight excluding hydrogens is 337 g/mol. The molecule has 1 amide bonds. The summed E-state index contributed by atoms with van der Waals surface area (Å²) < 4.78 is 5.75. The van der Waals surface area contributed by atoms with Crippen LogP contribution < -0.4 is 4.74 Å². The van der Waals surface area contributed by atoms with Gasteiger partial charge in [-0.25, -0.2) is 9.97 Å². The second-order valence-electron chi connectivity index (χ2n) is 5.32. The molecule has 3 rings (SSSR count). The molecule has 1 aromatic carbocycles. The first-order valence-electron chi connectivity index (χ1n) is 7.31. The van der Waals surface area contributed by atoms with Crippen LogP contribution in [0.4, 0.5) is 0 Å². The summed E-state index contributed by atoms with van der Waals surface area (Å²) in [7, 11) is 0. The number of benzene rings is 1. The van der Waals surface area contributed by atoms with E-state index in [1.165, 1.54) is 12.4 Å². The molecule has 0 bridgehead atoms. The molecule has 2 heterocycles. The highest BCUT2D eigenvalue weighted by atomic mass is 35.5. The van der Waals surface area contributed by atoms with E-state index >= 15 is 0 Å². The van der Waals surface area contributed by atoms with Gasteiger partial charge in [0, 0.05) is 17.1 Å². The number of halogens is 2. The molecule has 1 fully saturated rings. The molecule has 0 radical (unpaired) electrons. The predicted molar refractivity (Wildman–Crippen MR) is 88.0 cm³/mol. The number of aromatic nitrogens is 2. The summed E-state index contributed by atoms with van der Waals surface area (Å²) in [5.74, 6) is -0.0213. The lowest BCUT2D eigenvalue weighted by molar-refractivity contribution is 0.0516. The van der Waals surface area contributed by atoms with Gasteiger partial charge in [-0.2, -0.15) is 0 Å². The average molecular weight is 352 g/mol. The van der Waals surface area contributed by atoms with Gasteiger partial charge in [0.25, 0.3) is 5.91 Å². The first kappa shape index (κ1) is 16.0. The molecule has 23 heavy (non-hydrogen) atoms. The molecule has 1 saturated heterocycles. The zero-order valence-electron chi connectivity index (χ0n) is 12.3. The SMILES string of the molecule is O=C(c1ccc(Cl)cc1)N1CCCC(Oc2ncc(Cl)cn2)C1. The first-order valence-corrected chi connectivity index (χ1v) is 8.06. The monoisotopic (exact) mass is 351 g/mol. The predicted octanol–water partition coefficient (Wildman–Crippen LogP) is 3.47. The van der Waals surface area contributed by atoms with E-state index in [0.717, 1.165) is 12.8 Å². The second-order valence-corrected chi connectivity index (χ2v) is 6.20. The number of piperidine rings is 1. The third-order valence-electron chi connectivity index (χ3n) is 3.63. The van der Waals surface area contributed by atoms with E-state index in [2.05, 4.69) is 9.97 Å². The van der Waals surface area contributed by atoms with Gasteiger partial charge >= 0.3 is 6.01 Å². The van der Waals surface area contributed by atoms with Crippen LogP contribution in [0.15, 0.2) is 36.7 Å². The van der Waals surface area contributed by atoms with Crippen LogP contribution in [0.2, 0.25) is 10.0 Å². The summed E-state index contributed by atoms with van der Waals surface area (Å²) in [6, 6.07) is 7.18. The van der Waals surface area contributed by atoms with Crippen molar-refractivity contribution >= 4 is 29.1 Å². The van der Waals surface area contributed by atoms with Gasteiger partial charge in [0.2, 0.25) is 0 Å². The lowest BCUT2D eigenvalue weighted by Crippen LogP contribution is -2.44. The molecule has 0 spiro atoms. The summed E-state index contributed by atoms with van der Waals surface area (Å²) in [5.41, 5.74) is 0.623. The van der Waals surface area contributed by atoms with Gasteiger partial charge in [-0.05, 0) is 37.1 Å². The Kier molecular flexibility index (Phi) is 4.98. The van der Waals surface area contributed by atoms with Gasteiger partial charge in [0.15, 0.2) is 0 Å². The van der Waals surface area contributed by atoms with Gasteiger partial charge in [0.05, 0.1) is 24.0 Å². The number of amides is 1. The van der Waals surface area contributed by atoms with E-state index in [0.29, 0.717) is 28.7 Å². The fourth-order valence-electron chi connectivity index (χ4n) is 2.50. The number of hydrogen-bond acceptors (Lipinski definition) is 4. The maximum absolute atomic E-state index is 12.5. The molecule has 5 nitrogen and oxygen atoms in total. The van der Waals surface area contributed by atoms with Gasteiger partial charge < -0.3 is 9.64 Å². The van der Waals surface area contributed by atoms with Crippen molar-refractivity contribution in [2.24, 2.45) is 0 Å². The Labute approximate surface area is 144 Å². The molecule has 1 aliphatic heterocycles. The van der Waals surface area contributed by atoms with Gasteiger partial charge in [-0.3, -0.25) is 4.79 Å². The van der Waals surface area contributed by atoms with Crippen molar-refractivity contribution in [2.75, 3.05) is 13.1 Å². The highest BCUT2D eigenvalue weighted by molar-refractivity contribution is 6.30. The molecular formula is C16H15Cl2N3O2. The van der Waals surface area contributed by atoms with Crippen molar-refractivity contribution in [3.63, 3.8) is 0 Å². The molecule has 1 atom stereocenters. The highest BCUT2D eigenvalue weighted by Gasteiger charge is 2.26. The third kappa shape index (κ3) is 4.12. The second kappa shape index (κ2) is 7.15. The van der Waals surface area contributed by atoms with Crippen LogP contribution in [-0.2, 0) is 0 Å². The summed E-state index contributed by atoms with van der Waals surface area (Å²) >= 11 is 11.6. The summed E-state index contributed by atoms with van der Waals surface area (Å²) in [6.45, 7) is 1.22. The van der Waals surface area contributed by atoms with Crippen LogP contribution in [0.1, 0.15) is 23.2 Å². The van der Waals surface area contributed by atoms with E-state index in [4.69, 9.17) is 27.9 Å². The van der Waals surface area contributed by atoms with E-state index in [9.17, 15) is 4.79 Å². The zero-order chi connectivity index (χ0) is 16.2. The Morgan fingerprint density at radius 3 is 2.52 bits per heavy atom. The summed E-state index contributed by atoms with van der Waals surface area (Å²) in [6.07, 6.45) is 4.59. The number of likely N-dealkylation sites (tertiary alicyclic amines) is 1. The standard InChI is InChI=1S/C16H15Cl2N3O2/c17-12-5-3-11(4-6-12)15(22)21-7-1-2-14(10-21)23-16-19-8-13(18)9-20-16/h3-6,8-9,14H,1-2,7,10H2. The maximum Gasteiger partial charge on any atom is 0.316 e. The largest absolute Gasteiger partial charge is 0.458 e. The Balaban J connectivity index is 1.64. The minimum atomic E-state index is -0.124. The molecule has 0 N–H and O–H groups in total. The van der Waals surface area contributed by atoms with E-state index in [-0.39, 0.29) is 18.0 Å². The quantitative estimate of drug-likeness (QED) is 0.849. The van der Waals surface area contributed by atoms with Crippen molar-refractivity contribution in [3.05, 3.63) is 52.3 Å². The van der Waals surface area contributed by atoms with Gasteiger partial charge in [-0.1, -0.05) is 23.2 Å². The van der Waals surface area contributed by atoms with Crippen molar-refractivity contribution < 1.29 is 9.53 Å². The Morgan fingerprint density at radius 2 is 1.83 bits per heavy atom. The topological polar surface area (TPSA) is 55.3 Å². The lowest BCUT2D eigenvalue weighted by atomic mass is 10.1. The molecule has 7 heteroatoms. The van der Waals surface area contributed by atoms with E-state index in [1.807, 2.05) is 0 Å². The minimum absolute atomic E-state index is 0.0213. The number of ether oxygens (including phenoxy) is 1. The molecule has 0 aliphatic carbocycles. The lowest BCUT2D eigenvalue weighted by Gasteiger charge is -2.32. The van der Waals surface area contributed by atoms with Gasteiger partial charge in [-0.15, -0.1) is 0 Å². The first-order chi connectivity index (χ1) is 11.1. The zero-order valence-corrected chi connectivity index (χ0v) is 13.8. The van der Waals surface area contributed by atoms with Crippen LogP contribution in [0.5, 0.6) is 6.01 Å². The number of hydrogen-bond donors (Lipinski definition) is 0. The summed E-state index contributed by atoms with van der Waals surface area (Å²) in [5, 5.41) is 1.07. The van der Waals surface area contributed by atoms with Crippen molar-refractivity contribution in [1.29, 1.82) is 0 Å². The number of carbonyl (C=O) groups excluding carboxylic acids is 1. The van der Waals surface area contributed by atoms with Crippen molar-refractivity contribution in [3.8, 4) is 6.01 Å². The van der Waals surface area contributed by atoms with Crippen molar-refractivity contribution in [2.45, 2.75) is 18.9 Å². The molecule has 0 saturated carbocycles. The fourth-order valence-corrected chi connectivity index (χ4v) is 2.73. The summed E-state index contributed by atoms with van der Waals surface area (Å²) in [4.78, 5) is 22.4. The molecule has 120 valence electrons. The average Bonchev–Trinajstić information content (AvgIpc) is 2.57. The van der Waals surface area contributed by atoms with Crippen LogP contribution in [-0.4, -0.2) is 40.0 Å². The highest BCUT2D eigenvalue weighted by Crippen LogP contribution is 2.19. The molecule has 1 aromatic heterocycles. The van der Waals surface area contributed by atoms with E-state index in [1.54, 1.807) is 29.2 Å². The van der Waals surface area contributed by atoms with Crippen LogP contribution in [0.25, 0.3) is 0 Å². The Bertz CT molecular complexity index is 677. The van der Waals surface area contributed by atoms with Crippen LogP contribution >= 0.6 is 23.2 Å². The molecule has 1 aliphatic rings. The molecule has 2 aromatic rings.